The van der Waals surface area contributed by atoms with Crippen molar-refractivity contribution in [1.29, 1.82) is 0 Å². The highest BCUT2D eigenvalue weighted by atomic mass is 16.4. The predicted octanol–water partition coefficient (Wildman–Crippen LogP) is 3.35. The van der Waals surface area contributed by atoms with Gasteiger partial charge in [-0.1, -0.05) is 24.3 Å². The van der Waals surface area contributed by atoms with Crippen LogP contribution in [-0.2, 0) is 4.79 Å². The van der Waals surface area contributed by atoms with Gasteiger partial charge in [0.05, 0.1) is 0 Å². The average Bonchev–Trinajstić information content (AvgIpc) is 2.45. The van der Waals surface area contributed by atoms with Crippen molar-refractivity contribution in [3.05, 3.63) is 59.7 Å². The molecule has 0 aliphatic carbocycles. The standard InChI is InChI=1S/C17H19NO3/c1-3-18(14-6-4-5-12(2)11-14)16(17(20)21)13-7-9-15(19)10-8-13/h4-11,16,19H,3H2,1-2H3,(H,20,21). The van der Waals surface area contributed by atoms with Gasteiger partial charge >= 0.3 is 5.97 Å². The summed E-state index contributed by atoms with van der Waals surface area (Å²) >= 11 is 0. The van der Waals surface area contributed by atoms with Gasteiger partial charge in [-0.15, -0.1) is 0 Å². The first kappa shape index (κ1) is 14.9. The van der Waals surface area contributed by atoms with Crippen molar-refractivity contribution in [3.63, 3.8) is 0 Å². The Morgan fingerprint density at radius 1 is 1.19 bits per heavy atom. The lowest BCUT2D eigenvalue weighted by Crippen LogP contribution is -2.34. The fourth-order valence-corrected chi connectivity index (χ4v) is 2.43. The largest absolute Gasteiger partial charge is 0.508 e. The van der Waals surface area contributed by atoms with Crippen molar-refractivity contribution < 1.29 is 15.0 Å². The topological polar surface area (TPSA) is 60.8 Å². The molecule has 2 rings (SSSR count). The van der Waals surface area contributed by atoms with Crippen molar-refractivity contribution in [2.75, 3.05) is 11.4 Å². The third-order valence-corrected chi connectivity index (χ3v) is 3.43. The Morgan fingerprint density at radius 2 is 1.86 bits per heavy atom. The number of hydrogen-bond donors (Lipinski definition) is 2. The number of phenols is 1. The first-order chi connectivity index (χ1) is 10.0. The Labute approximate surface area is 124 Å². The van der Waals surface area contributed by atoms with Crippen LogP contribution in [-0.4, -0.2) is 22.7 Å². The highest BCUT2D eigenvalue weighted by molar-refractivity contribution is 5.80. The number of hydrogen-bond acceptors (Lipinski definition) is 3. The van der Waals surface area contributed by atoms with Gasteiger partial charge in [0.1, 0.15) is 5.75 Å². The minimum Gasteiger partial charge on any atom is -0.508 e. The van der Waals surface area contributed by atoms with E-state index in [4.69, 9.17) is 0 Å². The molecule has 1 unspecified atom stereocenters. The zero-order chi connectivity index (χ0) is 15.4. The fourth-order valence-electron chi connectivity index (χ4n) is 2.43. The molecule has 0 saturated heterocycles. The molecule has 1 atom stereocenters. The highest BCUT2D eigenvalue weighted by Gasteiger charge is 2.26. The molecule has 2 aromatic rings. The van der Waals surface area contributed by atoms with E-state index in [2.05, 4.69) is 0 Å². The summed E-state index contributed by atoms with van der Waals surface area (Å²) in [6, 6.07) is 13.3. The van der Waals surface area contributed by atoms with Crippen molar-refractivity contribution in [2.24, 2.45) is 0 Å². The fraction of sp³-hybridized carbons (Fsp3) is 0.235. The number of rotatable bonds is 5. The molecule has 110 valence electrons. The van der Waals surface area contributed by atoms with Crippen molar-refractivity contribution in [3.8, 4) is 5.75 Å². The SMILES string of the molecule is CCN(c1cccc(C)c1)C(C(=O)O)c1ccc(O)cc1. The third-order valence-electron chi connectivity index (χ3n) is 3.43. The first-order valence-corrected chi connectivity index (χ1v) is 6.88. The minimum absolute atomic E-state index is 0.126. The molecule has 4 heteroatoms. The van der Waals surface area contributed by atoms with Crippen LogP contribution in [0.25, 0.3) is 0 Å². The van der Waals surface area contributed by atoms with Crippen LogP contribution in [0.15, 0.2) is 48.5 Å². The second-order valence-electron chi connectivity index (χ2n) is 4.96. The number of aliphatic carboxylic acids is 1. The molecule has 4 nitrogen and oxygen atoms in total. The summed E-state index contributed by atoms with van der Waals surface area (Å²) in [5, 5.41) is 19.0. The van der Waals surface area contributed by atoms with Gasteiger partial charge < -0.3 is 15.1 Å². The van der Waals surface area contributed by atoms with Gasteiger partial charge in [0.25, 0.3) is 0 Å². The summed E-state index contributed by atoms with van der Waals surface area (Å²) in [5.41, 5.74) is 2.60. The van der Waals surface area contributed by atoms with Crippen LogP contribution >= 0.6 is 0 Å². The van der Waals surface area contributed by atoms with Crippen LogP contribution in [0.2, 0.25) is 0 Å². The van der Waals surface area contributed by atoms with Crippen molar-refractivity contribution >= 4 is 11.7 Å². The number of likely N-dealkylation sites (N-methyl/N-ethyl adjacent to an activating group) is 1. The Bertz CT molecular complexity index is 622. The summed E-state index contributed by atoms with van der Waals surface area (Å²) in [6.45, 7) is 4.48. The van der Waals surface area contributed by atoms with E-state index in [1.165, 1.54) is 12.1 Å². The summed E-state index contributed by atoms with van der Waals surface area (Å²) < 4.78 is 0. The molecule has 0 aliphatic heterocycles. The highest BCUT2D eigenvalue weighted by Crippen LogP contribution is 2.28. The molecule has 0 aromatic heterocycles. The molecule has 0 radical (unpaired) electrons. The number of carboxylic acid groups (broad SMARTS) is 1. The number of carbonyl (C=O) groups is 1. The molecular formula is C17H19NO3. The molecule has 2 aromatic carbocycles. The lowest BCUT2D eigenvalue weighted by molar-refractivity contribution is -0.138. The van der Waals surface area contributed by atoms with E-state index in [1.807, 2.05) is 43.0 Å². The summed E-state index contributed by atoms with van der Waals surface area (Å²) in [6.07, 6.45) is 0. The third kappa shape index (κ3) is 3.34. The van der Waals surface area contributed by atoms with Gasteiger partial charge in [-0.2, -0.15) is 0 Å². The second kappa shape index (κ2) is 6.31. The summed E-state index contributed by atoms with van der Waals surface area (Å²) in [4.78, 5) is 13.6. The number of phenolic OH excluding ortho intramolecular Hbond substituents is 1. The maximum Gasteiger partial charge on any atom is 0.331 e. The van der Waals surface area contributed by atoms with E-state index in [1.54, 1.807) is 12.1 Å². The first-order valence-electron chi connectivity index (χ1n) is 6.88. The smallest absolute Gasteiger partial charge is 0.331 e. The van der Waals surface area contributed by atoms with E-state index >= 15 is 0 Å². The van der Waals surface area contributed by atoms with Crippen LogP contribution in [0.5, 0.6) is 5.75 Å². The molecule has 0 heterocycles. The Balaban J connectivity index is 2.44. The molecule has 21 heavy (non-hydrogen) atoms. The predicted molar refractivity (Wildman–Crippen MR) is 82.7 cm³/mol. The van der Waals surface area contributed by atoms with Gasteiger partial charge in [-0.3, -0.25) is 0 Å². The lowest BCUT2D eigenvalue weighted by Gasteiger charge is -2.30. The molecule has 0 spiro atoms. The number of nitrogens with zero attached hydrogens (tertiary/aromatic N) is 1. The molecule has 0 saturated carbocycles. The summed E-state index contributed by atoms with van der Waals surface area (Å²) in [7, 11) is 0. The zero-order valence-electron chi connectivity index (χ0n) is 12.2. The van der Waals surface area contributed by atoms with Crippen LogP contribution in [0.3, 0.4) is 0 Å². The van der Waals surface area contributed by atoms with E-state index in [0.29, 0.717) is 12.1 Å². The van der Waals surface area contributed by atoms with Gasteiger partial charge in [0, 0.05) is 12.2 Å². The van der Waals surface area contributed by atoms with Crippen LogP contribution in [0, 0.1) is 6.92 Å². The maximum atomic E-state index is 11.7. The number of aromatic hydroxyl groups is 1. The molecule has 0 fully saturated rings. The van der Waals surface area contributed by atoms with E-state index in [0.717, 1.165) is 11.3 Å². The molecule has 0 bridgehead atoms. The number of carboxylic acids is 1. The van der Waals surface area contributed by atoms with Crippen LogP contribution < -0.4 is 4.90 Å². The lowest BCUT2D eigenvalue weighted by atomic mass is 10.0. The van der Waals surface area contributed by atoms with Crippen molar-refractivity contribution in [2.45, 2.75) is 19.9 Å². The maximum absolute atomic E-state index is 11.7. The number of aryl methyl sites for hydroxylation is 1. The number of benzene rings is 2. The van der Waals surface area contributed by atoms with E-state index in [9.17, 15) is 15.0 Å². The van der Waals surface area contributed by atoms with Gasteiger partial charge in [-0.25, -0.2) is 4.79 Å². The zero-order valence-corrected chi connectivity index (χ0v) is 12.2. The van der Waals surface area contributed by atoms with Gasteiger partial charge in [0.2, 0.25) is 0 Å². The normalized spacial score (nSPS) is 11.9. The van der Waals surface area contributed by atoms with Crippen molar-refractivity contribution in [1.82, 2.24) is 0 Å². The van der Waals surface area contributed by atoms with Crippen LogP contribution in [0.4, 0.5) is 5.69 Å². The molecular weight excluding hydrogens is 266 g/mol. The molecule has 0 amide bonds. The minimum atomic E-state index is -0.913. The Kier molecular flexibility index (Phi) is 4.48. The van der Waals surface area contributed by atoms with E-state index < -0.39 is 12.0 Å². The Morgan fingerprint density at radius 3 is 2.38 bits per heavy atom. The molecule has 0 aliphatic rings. The van der Waals surface area contributed by atoms with E-state index in [-0.39, 0.29) is 5.75 Å². The quantitative estimate of drug-likeness (QED) is 0.884. The summed E-state index contributed by atoms with van der Waals surface area (Å²) in [5.74, 6) is -0.787. The monoisotopic (exact) mass is 285 g/mol. The van der Waals surface area contributed by atoms with Gasteiger partial charge in [-0.05, 0) is 49.2 Å². The second-order valence-corrected chi connectivity index (χ2v) is 4.96. The average molecular weight is 285 g/mol. The Hall–Kier alpha value is -2.49. The number of anilines is 1. The van der Waals surface area contributed by atoms with Crippen LogP contribution in [0.1, 0.15) is 24.1 Å². The molecule has 2 N–H and O–H groups in total. The van der Waals surface area contributed by atoms with Gasteiger partial charge in [0.15, 0.2) is 6.04 Å².